The van der Waals surface area contributed by atoms with Crippen LogP contribution in [0.1, 0.15) is 41.1 Å². The molecule has 1 aliphatic rings. The van der Waals surface area contributed by atoms with Crippen molar-refractivity contribution in [2.24, 2.45) is 0 Å². The molecule has 1 aromatic carbocycles. The summed E-state index contributed by atoms with van der Waals surface area (Å²) in [5, 5.41) is 9.70. The van der Waals surface area contributed by atoms with Crippen LogP contribution in [0.15, 0.2) is 23.0 Å². The van der Waals surface area contributed by atoms with E-state index in [2.05, 4.69) is 6.07 Å². The first-order valence-corrected chi connectivity index (χ1v) is 10.6. The second-order valence-corrected chi connectivity index (χ2v) is 8.23. The molecule has 2 heterocycles. The quantitative estimate of drug-likeness (QED) is 0.554. The van der Waals surface area contributed by atoms with Crippen LogP contribution in [0.5, 0.6) is 11.5 Å². The molecule has 0 saturated carbocycles. The summed E-state index contributed by atoms with van der Waals surface area (Å²) < 4.78 is 12.5. The normalized spacial score (nSPS) is 12.7. The summed E-state index contributed by atoms with van der Waals surface area (Å²) in [6.45, 7) is 0.503. The summed E-state index contributed by atoms with van der Waals surface area (Å²) >= 11 is 1.65. The van der Waals surface area contributed by atoms with Crippen molar-refractivity contribution in [2.75, 3.05) is 14.2 Å². The molecule has 4 rings (SSSR count). The summed E-state index contributed by atoms with van der Waals surface area (Å²) in [7, 11) is 3.22. The van der Waals surface area contributed by atoms with Crippen LogP contribution in [-0.2, 0) is 25.8 Å². The van der Waals surface area contributed by atoms with Crippen molar-refractivity contribution in [1.29, 1.82) is 5.26 Å². The monoisotopic (exact) mass is 409 g/mol. The van der Waals surface area contributed by atoms with E-state index in [1.807, 2.05) is 18.2 Å². The van der Waals surface area contributed by atoms with E-state index in [1.165, 1.54) is 10.4 Å². The fourth-order valence-corrected chi connectivity index (χ4v) is 5.24. The minimum Gasteiger partial charge on any atom is -0.493 e. The Bertz CT molecular complexity index is 1160. The molecule has 0 fully saturated rings. The topological polar surface area (TPSA) is 77.1 Å². The summed E-state index contributed by atoms with van der Waals surface area (Å²) in [5.41, 5.74) is 2.21. The van der Waals surface area contributed by atoms with Gasteiger partial charge in [-0.05, 0) is 48.9 Å². The Hall–Kier alpha value is -2.85. The number of nitrogens with zero attached hydrogens (tertiary/aromatic N) is 3. The van der Waals surface area contributed by atoms with Gasteiger partial charge in [0.1, 0.15) is 10.7 Å². The van der Waals surface area contributed by atoms with E-state index < -0.39 is 0 Å². The van der Waals surface area contributed by atoms with Crippen molar-refractivity contribution in [3.63, 3.8) is 0 Å². The molecule has 1 aliphatic carbocycles. The van der Waals surface area contributed by atoms with Gasteiger partial charge in [0.25, 0.3) is 5.56 Å². The summed E-state index contributed by atoms with van der Waals surface area (Å²) in [4.78, 5) is 20.4. The van der Waals surface area contributed by atoms with Gasteiger partial charge in [0.2, 0.25) is 0 Å². The molecule has 2 aromatic heterocycles. The first kappa shape index (κ1) is 19.5. The Kier molecular flexibility index (Phi) is 5.54. The van der Waals surface area contributed by atoms with Crippen LogP contribution in [0.25, 0.3) is 10.2 Å². The molecule has 3 aromatic rings. The smallest absolute Gasteiger partial charge is 0.262 e. The number of unbranched alkanes of at least 4 members (excludes halogenated alkanes) is 1. The van der Waals surface area contributed by atoms with Crippen molar-refractivity contribution < 1.29 is 9.47 Å². The first-order valence-electron chi connectivity index (χ1n) is 9.78. The van der Waals surface area contributed by atoms with E-state index in [0.717, 1.165) is 40.9 Å². The van der Waals surface area contributed by atoms with Gasteiger partial charge >= 0.3 is 0 Å². The third-order valence-corrected chi connectivity index (χ3v) is 6.57. The average Bonchev–Trinajstić information content (AvgIpc) is 3.31. The van der Waals surface area contributed by atoms with E-state index in [-0.39, 0.29) is 5.56 Å². The zero-order chi connectivity index (χ0) is 20.4. The van der Waals surface area contributed by atoms with E-state index >= 15 is 0 Å². The number of ether oxygens (including phenoxy) is 2. The van der Waals surface area contributed by atoms with E-state index in [1.54, 1.807) is 30.1 Å². The number of fused-ring (bicyclic) bond motifs is 3. The predicted octanol–water partition coefficient (Wildman–Crippen LogP) is 3.86. The van der Waals surface area contributed by atoms with Crippen LogP contribution >= 0.6 is 11.3 Å². The van der Waals surface area contributed by atoms with Gasteiger partial charge in [-0.1, -0.05) is 6.07 Å². The number of hydrogen-bond acceptors (Lipinski definition) is 6. The van der Waals surface area contributed by atoms with E-state index in [4.69, 9.17) is 19.7 Å². The zero-order valence-corrected chi connectivity index (χ0v) is 17.5. The van der Waals surface area contributed by atoms with Gasteiger partial charge < -0.3 is 9.47 Å². The van der Waals surface area contributed by atoms with Gasteiger partial charge in [-0.15, -0.1) is 11.3 Å². The lowest BCUT2D eigenvalue weighted by Gasteiger charge is -2.14. The van der Waals surface area contributed by atoms with E-state index in [0.29, 0.717) is 37.3 Å². The number of benzene rings is 1. The number of methoxy groups -OCH3 is 2. The second kappa shape index (κ2) is 8.26. The maximum absolute atomic E-state index is 13.4. The third kappa shape index (κ3) is 3.60. The highest BCUT2D eigenvalue weighted by Gasteiger charge is 2.23. The molecule has 0 saturated heterocycles. The lowest BCUT2D eigenvalue weighted by molar-refractivity contribution is 0.354. The molecule has 6 nitrogen and oxygen atoms in total. The van der Waals surface area contributed by atoms with Crippen LogP contribution in [0.2, 0.25) is 0 Å². The maximum Gasteiger partial charge on any atom is 0.262 e. The Labute approximate surface area is 173 Å². The van der Waals surface area contributed by atoms with Gasteiger partial charge in [0.15, 0.2) is 11.5 Å². The minimum absolute atomic E-state index is 0.0304. The van der Waals surface area contributed by atoms with Gasteiger partial charge in [-0.25, -0.2) is 4.98 Å². The molecule has 29 heavy (non-hydrogen) atoms. The van der Waals surface area contributed by atoms with E-state index in [9.17, 15) is 4.79 Å². The molecule has 0 N–H and O–H groups in total. The number of hydrogen-bond donors (Lipinski definition) is 0. The van der Waals surface area contributed by atoms with Gasteiger partial charge in [0.05, 0.1) is 25.7 Å². The number of nitriles is 1. The highest BCUT2D eigenvalue weighted by molar-refractivity contribution is 7.18. The fourth-order valence-electron chi connectivity index (χ4n) is 3.97. The molecule has 0 unspecified atom stereocenters. The molecular formula is C22H23N3O3S. The summed E-state index contributed by atoms with van der Waals surface area (Å²) in [5.74, 6) is 2.05. The number of aromatic nitrogens is 2. The van der Waals surface area contributed by atoms with Gasteiger partial charge in [-0.2, -0.15) is 5.26 Å². The first-order chi connectivity index (χ1) is 14.2. The molecule has 150 valence electrons. The lowest BCUT2D eigenvalue weighted by Crippen LogP contribution is -2.26. The Morgan fingerprint density at radius 2 is 2.07 bits per heavy atom. The van der Waals surface area contributed by atoms with Gasteiger partial charge in [-0.3, -0.25) is 9.36 Å². The van der Waals surface area contributed by atoms with Crippen molar-refractivity contribution >= 4 is 21.6 Å². The second-order valence-electron chi connectivity index (χ2n) is 7.15. The molecule has 0 radical (unpaired) electrons. The average molecular weight is 410 g/mol. The molecule has 7 heteroatoms. The minimum atomic E-state index is 0.0304. The molecule has 0 amide bonds. The SMILES string of the molecule is COc1ccc(Cc2nc3sc4c(c3c(=O)n2CCCC#N)CCC4)cc1OC. The van der Waals surface area contributed by atoms with Crippen LogP contribution in [0, 0.1) is 11.3 Å². The molecule has 0 spiro atoms. The molecule has 0 bridgehead atoms. The third-order valence-electron chi connectivity index (χ3n) is 5.38. The summed E-state index contributed by atoms with van der Waals surface area (Å²) in [6, 6.07) is 7.91. The maximum atomic E-state index is 13.4. The Balaban J connectivity index is 1.79. The molecular weight excluding hydrogens is 386 g/mol. The number of thiophene rings is 1. The number of aryl methyl sites for hydroxylation is 2. The van der Waals surface area contributed by atoms with Crippen molar-refractivity contribution in [3.05, 3.63) is 50.4 Å². The van der Waals surface area contributed by atoms with Crippen LogP contribution < -0.4 is 15.0 Å². The Morgan fingerprint density at radius 1 is 1.24 bits per heavy atom. The van der Waals surface area contributed by atoms with Crippen LogP contribution in [0.3, 0.4) is 0 Å². The van der Waals surface area contributed by atoms with Crippen LogP contribution in [-0.4, -0.2) is 23.8 Å². The van der Waals surface area contributed by atoms with Crippen molar-refractivity contribution in [1.82, 2.24) is 9.55 Å². The zero-order valence-electron chi connectivity index (χ0n) is 16.7. The number of rotatable bonds is 7. The lowest BCUT2D eigenvalue weighted by atomic mass is 10.1. The standard InChI is InChI=1S/C22H23N3O3S/c1-27-16-9-8-14(12-17(16)28-2)13-19-24-21-20(15-6-5-7-18(15)29-21)22(26)25(19)11-4-3-10-23/h8-9,12H,3-7,11,13H2,1-2H3. The van der Waals surface area contributed by atoms with Gasteiger partial charge in [0, 0.05) is 24.3 Å². The molecule has 0 aliphatic heterocycles. The van der Waals surface area contributed by atoms with Crippen molar-refractivity contribution in [3.8, 4) is 17.6 Å². The largest absolute Gasteiger partial charge is 0.493 e. The summed E-state index contributed by atoms with van der Waals surface area (Å²) in [6.07, 6.45) is 4.67. The van der Waals surface area contributed by atoms with Crippen LogP contribution in [0.4, 0.5) is 0 Å². The molecule has 0 atom stereocenters. The highest BCUT2D eigenvalue weighted by Crippen LogP contribution is 2.35. The fraction of sp³-hybridized carbons (Fsp3) is 0.409. The Morgan fingerprint density at radius 3 is 2.83 bits per heavy atom. The van der Waals surface area contributed by atoms with Crippen molar-refractivity contribution in [2.45, 2.75) is 45.1 Å². The highest BCUT2D eigenvalue weighted by atomic mass is 32.1. The predicted molar refractivity (Wildman–Crippen MR) is 113 cm³/mol.